The summed E-state index contributed by atoms with van der Waals surface area (Å²) in [6, 6.07) is 0. The Morgan fingerprint density at radius 1 is 1.19 bits per heavy atom. The first-order chi connectivity index (χ1) is 12.7. The van der Waals surface area contributed by atoms with E-state index in [0.717, 1.165) is 76.1 Å². The Balaban J connectivity index is 1.36. The van der Waals surface area contributed by atoms with Gasteiger partial charge < -0.3 is 14.2 Å². The Morgan fingerprint density at radius 3 is 2.77 bits per heavy atom. The summed E-state index contributed by atoms with van der Waals surface area (Å²) in [7, 11) is 1.77. The van der Waals surface area contributed by atoms with Crippen molar-refractivity contribution >= 4 is 5.91 Å². The zero-order valence-electron chi connectivity index (χ0n) is 16.2. The van der Waals surface area contributed by atoms with Gasteiger partial charge in [-0.15, -0.1) is 0 Å². The van der Waals surface area contributed by atoms with Gasteiger partial charge in [-0.05, 0) is 57.3 Å². The van der Waals surface area contributed by atoms with Gasteiger partial charge in [-0.2, -0.15) is 0 Å². The molecule has 1 aromatic rings. The van der Waals surface area contributed by atoms with Crippen molar-refractivity contribution in [3.8, 4) is 0 Å². The third-order valence-corrected chi connectivity index (χ3v) is 6.81. The molecular weight excluding hydrogens is 328 g/mol. The number of ether oxygens (including phenoxy) is 1. The van der Waals surface area contributed by atoms with Crippen LogP contribution in [-0.2, 0) is 22.4 Å². The van der Waals surface area contributed by atoms with Crippen molar-refractivity contribution in [1.82, 2.24) is 10.1 Å². The number of methoxy groups -OCH3 is 1. The zero-order valence-corrected chi connectivity index (χ0v) is 16.2. The van der Waals surface area contributed by atoms with E-state index in [1.807, 2.05) is 0 Å². The maximum Gasteiger partial charge on any atom is 0.225 e. The van der Waals surface area contributed by atoms with Gasteiger partial charge in [0, 0.05) is 37.6 Å². The van der Waals surface area contributed by atoms with Crippen LogP contribution in [-0.4, -0.2) is 42.3 Å². The quantitative estimate of drug-likeness (QED) is 0.824. The molecule has 0 aromatic carbocycles. The first kappa shape index (κ1) is 18.0. The molecule has 0 unspecified atom stereocenters. The first-order valence-electron chi connectivity index (χ1n) is 10.4. The fourth-order valence-electron chi connectivity index (χ4n) is 5.13. The molecule has 1 saturated heterocycles. The smallest absolute Gasteiger partial charge is 0.225 e. The maximum atomic E-state index is 12.9. The fourth-order valence-corrected chi connectivity index (χ4v) is 5.13. The number of hydrogen-bond acceptors (Lipinski definition) is 4. The highest BCUT2D eigenvalue weighted by Crippen LogP contribution is 2.37. The first-order valence-corrected chi connectivity index (χ1v) is 10.4. The molecule has 2 fully saturated rings. The van der Waals surface area contributed by atoms with Crippen LogP contribution in [0.1, 0.15) is 74.8 Å². The van der Waals surface area contributed by atoms with Crippen molar-refractivity contribution in [3.63, 3.8) is 0 Å². The van der Waals surface area contributed by atoms with Crippen molar-refractivity contribution in [2.45, 2.75) is 76.7 Å². The van der Waals surface area contributed by atoms with Gasteiger partial charge in [-0.3, -0.25) is 4.79 Å². The number of carbonyl (C=O) groups is 1. The Kier molecular flexibility index (Phi) is 5.35. The molecule has 0 spiro atoms. The molecule has 144 valence electrons. The van der Waals surface area contributed by atoms with Crippen LogP contribution in [0.15, 0.2) is 4.52 Å². The van der Waals surface area contributed by atoms with Gasteiger partial charge in [0.15, 0.2) is 0 Å². The molecule has 1 amide bonds. The van der Waals surface area contributed by atoms with E-state index in [0.29, 0.717) is 11.8 Å². The SMILES string of the molecule is CO[C@@H]1CCC[C@@H](C(=O)N2CCC(c3onc4c3C[C@H](C)CC4)CC2)C1. The van der Waals surface area contributed by atoms with E-state index < -0.39 is 0 Å². The number of hydrogen-bond donors (Lipinski definition) is 0. The van der Waals surface area contributed by atoms with Crippen molar-refractivity contribution in [2.75, 3.05) is 20.2 Å². The van der Waals surface area contributed by atoms with Gasteiger partial charge in [0.2, 0.25) is 5.91 Å². The van der Waals surface area contributed by atoms with E-state index in [4.69, 9.17) is 9.26 Å². The molecule has 1 aliphatic heterocycles. The minimum absolute atomic E-state index is 0.157. The van der Waals surface area contributed by atoms with Crippen LogP contribution in [0.2, 0.25) is 0 Å². The van der Waals surface area contributed by atoms with E-state index >= 15 is 0 Å². The van der Waals surface area contributed by atoms with Gasteiger partial charge >= 0.3 is 0 Å². The van der Waals surface area contributed by atoms with E-state index in [2.05, 4.69) is 17.0 Å². The number of rotatable bonds is 3. The summed E-state index contributed by atoms with van der Waals surface area (Å²) < 4.78 is 11.3. The predicted octanol–water partition coefficient (Wildman–Crippen LogP) is 3.71. The molecule has 1 saturated carbocycles. The maximum absolute atomic E-state index is 12.9. The number of carbonyl (C=O) groups excluding carboxylic acids is 1. The van der Waals surface area contributed by atoms with Crippen molar-refractivity contribution in [1.29, 1.82) is 0 Å². The van der Waals surface area contributed by atoms with Crippen LogP contribution in [0.5, 0.6) is 0 Å². The average Bonchev–Trinajstić information content (AvgIpc) is 3.10. The number of aryl methyl sites for hydroxylation is 1. The summed E-state index contributed by atoms with van der Waals surface area (Å²) in [5.41, 5.74) is 2.56. The lowest BCUT2D eigenvalue weighted by molar-refractivity contribution is -0.139. The monoisotopic (exact) mass is 360 g/mol. The molecular formula is C21H32N2O3. The molecule has 0 bridgehead atoms. The van der Waals surface area contributed by atoms with Gasteiger partial charge in [-0.1, -0.05) is 18.5 Å². The third-order valence-electron chi connectivity index (χ3n) is 6.81. The summed E-state index contributed by atoms with van der Waals surface area (Å²) >= 11 is 0. The molecule has 0 N–H and O–H groups in total. The largest absolute Gasteiger partial charge is 0.381 e. The summed E-state index contributed by atoms with van der Waals surface area (Å²) in [5, 5.41) is 4.34. The number of aromatic nitrogens is 1. The highest BCUT2D eigenvalue weighted by molar-refractivity contribution is 5.79. The second-order valence-electron chi connectivity index (χ2n) is 8.64. The highest BCUT2D eigenvalue weighted by atomic mass is 16.5. The number of fused-ring (bicyclic) bond motifs is 1. The Labute approximate surface area is 156 Å². The molecule has 2 aliphatic carbocycles. The fraction of sp³-hybridized carbons (Fsp3) is 0.810. The van der Waals surface area contributed by atoms with Crippen LogP contribution in [0, 0.1) is 11.8 Å². The van der Waals surface area contributed by atoms with Crippen LogP contribution in [0.4, 0.5) is 0 Å². The lowest BCUT2D eigenvalue weighted by Crippen LogP contribution is -2.43. The minimum atomic E-state index is 0.157. The Morgan fingerprint density at radius 2 is 2.00 bits per heavy atom. The predicted molar refractivity (Wildman–Crippen MR) is 99.0 cm³/mol. The molecule has 26 heavy (non-hydrogen) atoms. The number of likely N-dealkylation sites (tertiary alicyclic amines) is 1. The standard InChI is InChI=1S/C21H32N2O3/c1-14-6-7-19-18(12-14)20(26-22-19)15-8-10-23(11-9-15)21(24)16-4-3-5-17(13-16)25-2/h14-17H,3-13H2,1-2H3/t14-,16-,17-/m1/s1. The van der Waals surface area contributed by atoms with E-state index in [9.17, 15) is 4.79 Å². The average molecular weight is 360 g/mol. The van der Waals surface area contributed by atoms with Gasteiger partial charge in [0.25, 0.3) is 0 Å². The summed E-state index contributed by atoms with van der Waals surface area (Å²) in [5.74, 6) is 2.78. The van der Waals surface area contributed by atoms with E-state index in [1.165, 1.54) is 17.7 Å². The Bertz CT molecular complexity index is 633. The van der Waals surface area contributed by atoms with Crippen molar-refractivity contribution in [2.24, 2.45) is 11.8 Å². The lowest BCUT2D eigenvalue weighted by atomic mass is 9.82. The molecule has 5 nitrogen and oxygen atoms in total. The molecule has 4 rings (SSSR count). The van der Waals surface area contributed by atoms with E-state index in [-0.39, 0.29) is 12.0 Å². The van der Waals surface area contributed by atoms with Crippen LogP contribution in [0.25, 0.3) is 0 Å². The molecule has 1 aromatic heterocycles. The zero-order chi connectivity index (χ0) is 18.1. The normalized spacial score (nSPS) is 30.2. The van der Waals surface area contributed by atoms with Crippen LogP contribution < -0.4 is 0 Å². The minimum Gasteiger partial charge on any atom is -0.381 e. The Hall–Kier alpha value is -1.36. The number of amides is 1. The second kappa shape index (κ2) is 7.71. The van der Waals surface area contributed by atoms with Gasteiger partial charge in [0.05, 0.1) is 11.8 Å². The number of piperidine rings is 1. The van der Waals surface area contributed by atoms with E-state index in [1.54, 1.807) is 7.11 Å². The number of nitrogens with zero attached hydrogens (tertiary/aromatic N) is 2. The molecule has 3 aliphatic rings. The topological polar surface area (TPSA) is 55.6 Å². The third kappa shape index (κ3) is 3.55. The van der Waals surface area contributed by atoms with Crippen molar-refractivity contribution < 1.29 is 14.1 Å². The van der Waals surface area contributed by atoms with Crippen LogP contribution >= 0.6 is 0 Å². The molecule has 3 atom stereocenters. The van der Waals surface area contributed by atoms with Gasteiger partial charge in [0.1, 0.15) is 5.76 Å². The second-order valence-corrected chi connectivity index (χ2v) is 8.64. The summed E-state index contributed by atoms with van der Waals surface area (Å²) in [4.78, 5) is 15.0. The summed E-state index contributed by atoms with van der Waals surface area (Å²) in [6.07, 6.45) is 9.76. The van der Waals surface area contributed by atoms with Crippen molar-refractivity contribution in [3.05, 3.63) is 17.0 Å². The lowest BCUT2D eigenvalue weighted by Gasteiger charge is -2.36. The van der Waals surface area contributed by atoms with Crippen LogP contribution in [0.3, 0.4) is 0 Å². The molecule has 2 heterocycles. The van der Waals surface area contributed by atoms with Gasteiger partial charge in [-0.25, -0.2) is 0 Å². The highest BCUT2D eigenvalue weighted by Gasteiger charge is 2.35. The molecule has 5 heteroatoms. The summed E-state index contributed by atoms with van der Waals surface area (Å²) in [6.45, 7) is 4.02. The molecule has 0 radical (unpaired) electrons.